The number of carbonyl (C=O) groups is 1. The monoisotopic (exact) mass is 453 g/mol. The van der Waals surface area contributed by atoms with E-state index in [4.69, 9.17) is 19.0 Å². The Kier molecular flexibility index (Phi) is 9.54. The van der Waals surface area contributed by atoms with Crippen molar-refractivity contribution in [2.75, 3.05) is 18.5 Å². The van der Waals surface area contributed by atoms with Gasteiger partial charge in [0.25, 0.3) is 8.53 Å². The Bertz CT molecular complexity index is 832. The normalized spacial score (nSPS) is 22.1. The van der Waals surface area contributed by atoms with E-state index in [-0.39, 0.29) is 42.8 Å². The minimum atomic E-state index is -1.49. The van der Waals surface area contributed by atoms with Crippen LogP contribution in [0.15, 0.2) is 17.1 Å². The van der Waals surface area contributed by atoms with E-state index < -0.39 is 26.5 Å². The molecule has 4 atom stereocenters. The molecule has 2 rings (SSSR count). The minimum absolute atomic E-state index is 0.0117. The van der Waals surface area contributed by atoms with E-state index in [1.54, 1.807) is 12.3 Å². The molecule has 0 radical (unpaired) electrons. The van der Waals surface area contributed by atoms with Gasteiger partial charge in [-0.3, -0.25) is 9.36 Å². The molecule has 1 N–H and O–H groups in total. The number of ether oxygens (including phenoxy) is 1. The van der Waals surface area contributed by atoms with E-state index in [1.807, 2.05) is 6.92 Å². The van der Waals surface area contributed by atoms with E-state index >= 15 is 0 Å². The van der Waals surface area contributed by atoms with Crippen molar-refractivity contribution in [1.29, 1.82) is 5.26 Å². The lowest BCUT2D eigenvalue weighted by Crippen LogP contribution is -2.38. The average molecular weight is 453 g/mol. The molecule has 2 heterocycles. The fourth-order valence-electron chi connectivity index (χ4n) is 3.37. The number of rotatable bonds is 10. The third-order valence-electron chi connectivity index (χ3n) is 4.65. The van der Waals surface area contributed by atoms with Gasteiger partial charge in [-0.1, -0.05) is 6.92 Å². The van der Waals surface area contributed by atoms with Crippen molar-refractivity contribution in [3.8, 4) is 6.07 Å². The first-order chi connectivity index (χ1) is 14.6. The summed E-state index contributed by atoms with van der Waals surface area (Å²) >= 11 is 0. The summed E-state index contributed by atoms with van der Waals surface area (Å²) in [6, 6.07) is 3.95. The molecular formula is C20H32N5O5P. The second-order valence-electron chi connectivity index (χ2n) is 8.00. The Morgan fingerprint density at radius 1 is 1.45 bits per heavy atom. The molecule has 1 aromatic heterocycles. The highest BCUT2D eigenvalue weighted by Gasteiger charge is 2.41. The quantitative estimate of drug-likeness (QED) is 0.424. The Morgan fingerprint density at radius 3 is 2.68 bits per heavy atom. The summed E-state index contributed by atoms with van der Waals surface area (Å²) < 4.78 is 21.8. The summed E-state index contributed by atoms with van der Waals surface area (Å²) in [5.41, 5.74) is -0.543. The van der Waals surface area contributed by atoms with Gasteiger partial charge in [-0.2, -0.15) is 10.2 Å². The number of amides is 1. The highest BCUT2D eigenvalue weighted by molar-refractivity contribution is 7.44. The standard InChI is InChI=1S/C20H32N5O5P/c1-13(2)25(14(3)4)31(29-11-7-9-21)30-18-15(5)12-28-19(18)24-10-8-17(22-16(6)26)23-20(24)27/h8,10,13-15,18-19H,7,11-12H2,1-6H3,(H,22,23,26,27)/t15-,18+,19+,31?/m0/s1. The summed E-state index contributed by atoms with van der Waals surface area (Å²) in [4.78, 5) is 27.7. The van der Waals surface area contributed by atoms with E-state index in [0.29, 0.717) is 6.61 Å². The molecule has 0 spiro atoms. The van der Waals surface area contributed by atoms with E-state index in [0.717, 1.165) is 0 Å². The van der Waals surface area contributed by atoms with Crippen molar-refractivity contribution < 1.29 is 18.6 Å². The number of nitrogens with one attached hydrogen (secondary N) is 1. The molecule has 10 nitrogen and oxygen atoms in total. The molecule has 0 saturated carbocycles. The zero-order valence-corrected chi connectivity index (χ0v) is 19.8. The number of nitrogens with zero attached hydrogens (tertiary/aromatic N) is 4. The molecular weight excluding hydrogens is 421 g/mol. The number of nitriles is 1. The second-order valence-corrected chi connectivity index (χ2v) is 9.41. The van der Waals surface area contributed by atoms with Gasteiger partial charge in [0, 0.05) is 31.1 Å². The Hall–Kier alpha value is -1.89. The predicted molar refractivity (Wildman–Crippen MR) is 117 cm³/mol. The van der Waals surface area contributed by atoms with Gasteiger partial charge in [-0.15, -0.1) is 0 Å². The Morgan fingerprint density at radius 2 is 2.13 bits per heavy atom. The van der Waals surface area contributed by atoms with E-state index in [2.05, 4.69) is 48.7 Å². The first kappa shape index (κ1) is 25.4. The third kappa shape index (κ3) is 6.79. The highest BCUT2D eigenvalue weighted by atomic mass is 31.2. The van der Waals surface area contributed by atoms with Crippen LogP contribution in [0, 0.1) is 17.2 Å². The molecule has 31 heavy (non-hydrogen) atoms. The van der Waals surface area contributed by atoms with Crippen molar-refractivity contribution in [1.82, 2.24) is 14.2 Å². The van der Waals surface area contributed by atoms with Crippen LogP contribution in [0.4, 0.5) is 5.82 Å². The van der Waals surface area contributed by atoms with Crippen LogP contribution in [-0.4, -0.2) is 51.5 Å². The van der Waals surface area contributed by atoms with E-state index in [1.165, 1.54) is 11.5 Å². The van der Waals surface area contributed by atoms with E-state index in [9.17, 15) is 9.59 Å². The van der Waals surface area contributed by atoms with Gasteiger partial charge in [0.1, 0.15) is 11.9 Å². The first-order valence-corrected chi connectivity index (χ1v) is 11.5. The maximum absolute atomic E-state index is 12.6. The van der Waals surface area contributed by atoms with Crippen molar-refractivity contribution in [2.24, 2.45) is 5.92 Å². The molecule has 1 saturated heterocycles. The molecule has 1 unspecified atom stereocenters. The van der Waals surface area contributed by atoms with Gasteiger partial charge >= 0.3 is 5.69 Å². The molecule has 1 aromatic rings. The summed E-state index contributed by atoms with van der Waals surface area (Å²) in [6.07, 6.45) is 0.688. The average Bonchev–Trinajstić information content (AvgIpc) is 3.01. The molecule has 172 valence electrons. The molecule has 1 amide bonds. The summed E-state index contributed by atoms with van der Waals surface area (Å²) in [5, 5.41) is 11.4. The lowest BCUT2D eigenvalue weighted by atomic mass is 10.1. The van der Waals surface area contributed by atoms with Crippen LogP contribution in [0.1, 0.15) is 54.2 Å². The van der Waals surface area contributed by atoms with Crippen LogP contribution in [0.2, 0.25) is 0 Å². The van der Waals surface area contributed by atoms with Crippen molar-refractivity contribution >= 4 is 20.3 Å². The summed E-state index contributed by atoms with van der Waals surface area (Å²) in [7, 11) is -1.49. The molecule has 0 aromatic carbocycles. The van der Waals surface area contributed by atoms with Crippen LogP contribution in [0.3, 0.4) is 0 Å². The highest BCUT2D eigenvalue weighted by Crippen LogP contribution is 2.50. The molecule has 1 fully saturated rings. The molecule has 0 aliphatic carbocycles. The van der Waals surface area contributed by atoms with Crippen LogP contribution in [-0.2, 0) is 18.6 Å². The van der Waals surface area contributed by atoms with Crippen molar-refractivity contribution in [3.63, 3.8) is 0 Å². The van der Waals surface area contributed by atoms with Crippen molar-refractivity contribution in [3.05, 3.63) is 22.7 Å². The fraction of sp³-hybridized carbons (Fsp3) is 0.700. The summed E-state index contributed by atoms with van der Waals surface area (Å²) in [6.45, 7) is 12.3. The third-order valence-corrected chi connectivity index (χ3v) is 6.78. The Labute approximate surface area is 184 Å². The largest absolute Gasteiger partial charge is 0.355 e. The van der Waals surface area contributed by atoms with Crippen LogP contribution >= 0.6 is 8.53 Å². The lowest BCUT2D eigenvalue weighted by Gasteiger charge is -2.38. The molecule has 1 aliphatic rings. The van der Waals surface area contributed by atoms with Gasteiger partial charge in [0.2, 0.25) is 5.91 Å². The maximum Gasteiger partial charge on any atom is 0.351 e. The van der Waals surface area contributed by atoms with Crippen molar-refractivity contribution in [2.45, 2.75) is 72.4 Å². The number of anilines is 1. The SMILES string of the molecule is CC(=O)Nc1ccn([C@@H]2OC[C@H](C)[C@H]2OP(OCCC#N)N(C(C)C)C(C)C)c(=O)n1. The number of hydrogen-bond acceptors (Lipinski definition) is 8. The molecule has 0 bridgehead atoms. The van der Waals surface area contributed by atoms with Gasteiger partial charge in [-0.05, 0) is 33.8 Å². The van der Waals surface area contributed by atoms with Gasteiger partial charge in [-0.25, -0.2) is 9.46 Å². The number of aromatic nitrogens is 2. The number of carbonyl (C=O) groups excluding carboxylic acids is 1. The maximum atomic E-state index is 12.6. The summed E-state index contributed by atoms with van der Waals surface area (Å²) in [5.74, 6) is -0.109. The van der Waals surface area contributed by atoms with Gasteiger partial charge in [0.15, 0.2) is 6.23 Å². The first-order valence-electron chi connectivity index (χ1n) is 10.4. The zero-order valence-electron chi connectivity index (χ0n) is 18.9. The fourth-order valence-corrected chi connectivity index (χ4v) is 5.20. The van der Waals surface area contributed by atoms with Gasteiger partial charge in [0.05, 0.1) is 25.7 Å². The number of hydrogen-bond donors (Lipinski definition) is 1. The smallest absolute Gasteiger partial charge is 0.351 e. The molecule has 1 aliphatic heterocycles. The molecule has 11 heteroatoms. The topological polar surface area (TPSA) is 119 Å². The zero-order chi connectivity index (χ0) is 23.1. The lowest BCUT2D eigenvalue weighted by molar-refractivity contribution is -0.114. The van der Waals surface area contributed by atoms with Crippen LogP contribution < -0.4 is 11.0 Å². The minimum Gasteiger partial charge on any atom is -0.355 e. The van der Waals surface area contributed by atoms with Crippen LogP contribution in [0.5, 0.6) is 0 Å². The van der Waals surface area contributed by atoms with Gasteiger partial charge < -0.3 is 19.1 Å². The Balaban J connectivity index is 2.29. The second kappa shape index (κ2) is 11.7. The predicted octanol–water partition coefficient (Wildman–Crippen LogP) is 3.03. The van der Waals surface area contributed by atoms with Crippen LogP contribution in [0.25, 0.3) is 0 Å².